The lowest BCUT2D eigenvalue weighted by Gasteiger charge is -2.29. The summed E-state index contributed by atoms with van der Waals surface area (Å²) in [5, 5.41) is 0. The molecule has 2 rings (SSSR count). The molecule has 0 aliphatic carbocycles. The van der Waals surface area contributed by atoms with Crippen LogP contribution in [0.5, 0.6) is 0 Å². The summed E-state index contributed by atoms with van der Waals surface area (Å²) in [5.41, 5.74) is 0.685. The van der Waals surface area contributed by atoms with Crippen molar-refractivity contribution in [2.75, 3.05) is 26.7 Å². The van der Waals surface area contributed by atoms with Gasteiger partial charge >= 0.3 is 5.97 Å². The van der Waals surface area contributed by atoms with Crippen molar-refractivity contribution in [3.8, 4) is 0 Å². The summed E-state index contributed by atoms with van der Waals surface area (Å²) in [4.78, 5) is 14.2. The molecule has 0 spiro atoms. The number of sulfone groups is 1. The van der Waals surface area contributed by atoms with Crippen molar-refractivity contribution < 1.29 is 17.9 Å². The van der Waals surface area contributed by atoms with Gasteiger partial charge in [-0.25, -0.2) is 13.2 Å². The monoisotopic (exact) mass is 365 g/mol. The van der Waals surface area contributed by atoms with Crippen molar-refractivity contribution in [1.29, 1.82) is 0 Å². The molecule has 0 aromatic heterocycles. The lowest BCUT2D eigenvalue weighted by atomic mass is 10.1. The van der Waals surface area contributed by atoms with Gasteiger partial charge in [0.25, 0.3) is 0 Å². The molecule has 0 fully saturated rings. The first-order chi connectivity index (χ1) is 11.8. The second-order valence-corrected chi connectivity index (χ2v) is 9.55. The summed E-state index contributed by atoms with van der Waals surface area (Å²) in [5.74, 6) is -0.281. The van der Waals surface area contributed by atoms with Gasteiger partial charge in [-0.05, 0) is 51.8 Å². The van der Waals surface area contributed by atoms with E-state index in [-0.39, 0.29) is 5.97 Å². The Kier molecular flexibility index (Phi) is 6.41. The number of carbonyl (C=O) groups excluding carboxylic acids is 1. The number of carbonyl (C=O) groups is 1. The topological polar surface area (TPSA) is 63.7 Å². The normalized spacial score (nSPS) is 16.4. The van der Waals surface area contributed by atoms with E-state index in [1.807, 2.05) is 12.1 Å². The third kappa shape index (κ3) is 4.70. The van der Waals surface area contributed by atoms with Crippen molar-refractivity contribution in [1.82, 2.24) is 4.90 Å². The van der Waals surface area contributed by atoms with E-state index in [9.17, 15) is 13.2 Å². The summed E-state index contributed by atoms with van der Waals surface area (Å²) in [6.45, 7) is 5.78. The molecule has 0 radical (unpaired) electrons. The van der Waals surface area contributed by atoms with Gasteiger partial charge in [0, 0.05) is 18.7 Å². The van der Waals surface area contributed by atoms with Crippen LogP contribution >= 0.6 is 0 Å². The Morgan fingerprint density at radius 1 is 1.24 bits per heavy atom. The second kappa shape index (κ2) is 8.15. The first-order valence-corrected chi connectivity index (χ1v) is 10.1. The molecule has 0 atom stereocenters. The quantitative estimate of drug-likeness (QED) is 0.695. The highest BCUT2D eigenvalue weighted by Gasteiger charge is 2.35. The van der Waals surface area contributed by atoms with Crippen LogP contribution in [0.25, 0.3) is 0 Å². The molecule has 0 amide bonds. The van der Waals surface area contributed by atoms with Crippen LogP contribution in [0.1, 0.15) is 33.1 Å². The van der Waals surface area contributed by atoms with E-state index in [1.165, 1.54) is 7.11 Å². The molecule has 1 aliphatic heterocycles. The fourth-order valence-electron chi connectivity index (χ4n) is 3.06. The molecule has 1 heterocycles. The van der Waals surface area contributed by atoms with Gasteiger partial charge in [-0.2, -0.15) is 0 Å². The van der Waals surface area contributed by atoms with Crippen LogP contribution in [0.15, 0.2) is 46.9 Å². The summed E-state index contributed by atoms with van der Waals surface area (Å²) in [6, 6.07) is 8.60. The zero-order chi connectivity index (χ0) is 18.5. The Bertz CT molecular complexity index is 723. The van der Waals surface area contributed by atoms with E-state index in [0.717, 1.165) is 25.9 Å². The first kappa shape index (κ1) is 19.7. The zero-order valence-electron chi connectivity index (χ0n) is 15.2. The number of esters is 1. The third-order valence-corrected chi connectivity index (χ3v) is 7.26. The molecule has 0 N–H and O–H groups in total. The maximum Gasteiger partial charge on any atom is 0.334 e. The van der Waals surface area contributed by atoms with Gasteiger partial charge in [-0.1, -0.05) is 24.3 Å². The number of rotatable bonds is 7. The maximum absolute atomic E-state index is 12.8. The Hall–Kier alpha value is -1.66. The van der Waals surface area contributed by atoms with Crippen LogP contribution in [-0.2, 0) is 19.4 Å². The van der Waals surface area contributed by atoms with E-state index in [0.29, 0.717) is 23.4 Å². The van der Waals surface area contributed by atoms with Crippen molar-refractivity contribution in [3.63, 3.8) is 0 Å². The van der Waals surface area contributed by atoms with E-state index in [2.05, 4.69) is 4.90 Å². The van der Waals surface area contributed by atoms with E-state index < -0.39 is 14.6 Å². The molecule has 5 nitrogen and oxygen atoms in total. The standard InChI is InChI=1S/C19H27NO4S/c1-19(2,25(22,23)17-10-5-4-6-11-17)12-8-14-20-13-7-9-16(15-20)18(21)24-3/h4-6,9-11H,7-8,12-15H2,1-3H3. The van der Waals surface area contributed by atoms with Gasteiger partial charge in [-0.15, -0.1) is 0 Å². The number of hydrogen-bond acceptors (Lipinski definition) is 5. The van der Waals surface area contributed by atoms with Gasteiger partial charge in [-0.3, -0.25) is 4.90 Å². The summed E-state index contributed by atoms with van der Waals surface area (Å²) < 4.78 is 29.6. The minimum absolute atomic E-state index is 0.281. The summed E-state index contributed by atoms with van der Waals surface area (Å²) in [6.07, 6.45) is 4.06. The number of methoxy groups -OCH3 is 1. The Labute approximate surface area is 150 Å². The summed E-state index contributed by atoms with van der Waals surface area (Å²) >= 11 is 0. The van der Waals surface area contributed by atoms with Crippen LogP contribution < -0.4 is 0 Å². The summed E-state index contributed by atoms with van der Waals surface area (Å²) in [7, 11) is -1.99. The average molecular weight is 365 g/mol. The number of nitrogens with zero attached hydrogens (tertiary/aromatic N) is 1. The third-order valence-electron chi connectivity index (χ3n) is 4.71. The highest BCUT2D eigenvalue weighted by atomic mass is 32.2. The number of ether oxygens (including phenoxy) is 1. The van der Waals surface area contributed by atoms with Crippen molar-refractivity contribution >= 4 is 15.8 Å². The molecule has 0 saturated carbocycles. The molecule has 25 heavy (non-hydrogen) atoms. The molecule has 138 valence electrons. The van der Waals surface area contributed by atoms with E-state index >= 15 is 0 Å². The van der Waals surface area contributed by atoms with Crippen LogP contribution in [0.2, 0.25) is 0 Å². The maximum atomic E-state index is 12.8. The fraction of sp³-hybridized carbons (Fsp3) is 0.526. The smallest absolute Gasteiger partial charge is 0.334 e. The molecular weight excluding hydrogens is 338 g/mol. The van der Waals surface area contributed by atoms with Crippen molar-refractivity contribution in [2.24, 2.45) is 0 Å². The van der Waals surface area contributed by atoms with Crippen molar-refractivity contribution in [2.45, 2.75) is 42.8 Å². The van der Waals surface area contributed by atoms with E-state index in [1.54, 1.807) is 38.1 Å². The Balaban J connectivity index is 1.93. The molecule has 0 saturated heterocycles. The fourth-order valence-corrected chi connectivity index (χ4v) is 4.62. The van der Waals surface area contributed by atoms with Crippen LogP contribution in [0.3, 0.4) is 0 Å². The highest BCUT2D eigenvalue weighted by molar-refractivity contribution is 7.92. The molecule has 0 bridgehead atoms. The molecule has 1 aromatic rings. The molecule has 0 unspecified atom stereocenters. The lowest BCUT2D eigenvalue weighted by Crippen LogP contribution is -2.36. The van der Waals surface area contributed by atoms with Crippen LogP contribution in [0.4, 0.5) is 0 Å². The van der Waals surface area contributed by atoms with Gasteiger partial charge in [0.15, 0.2) is 9.84 Å². The number of hydrogen-bond donors (Lipinski definition) is 0. The van der Waals surface area contributed by atoms with Crippen molar-refractivity contribution in [3.05, 3.63) is 42.0 Å². The Morgan fingerprint density at radius 3 is 2.56 bits per heavy atom. The molecule has 6 heteroatoms. The molecule has 1 aromatic carbocycles. The van der Waals surface area contributed by atoms with Gasteiger partial charge in [0.2, 0.25) is 0 Å². The van der Waals surface area contributed by atoms with Gasteiger partial charge in [0.1, 0.15) is 0 Å². The Morgan fingerprint density at radius 2 is 1.92 bits per heavy atom. The SMILES string of the molecule is COC(=O)C1=CCCN(CCCC(C)(C)S(=O)(=O)c2ccccc2)C1. The predicted octanol–water partition coefficient (Wildman–Crippen LogP) is 2.82. The van der Waals surface area contributed by atoms with Gasteiger partial charge in [0.05, 0.1) is 16.8 Å². The minimum atomic E-state index is -3.37. The van der Waals surface area contributed by atoms with E-state index in [4.69, 9.17) is 4.74 Å². The zero-order valence-corrected chi connectivity index (χ0v) is 16.0. The number of benzene rings is 1. The predicted molar refractivity (Wildman–Crippen MR) is 98.1 cm³/mol. The van der Waals surface area contributed by atoms with Gasteiger partial charge < -0.3 is 4.74 Å². The molecular formula is C19H27NO4S. The lowest BCUT2D eigenvalue weighted by molar-refractivity contribution is -0.136. The molecule has 1 aliphatic rings. The second-order valence-electron chi connectivity index (χ2n) is 6.97. The first-order valence-electron chi connectivity index (χ1n) is 8.57. The van der Waals surface area contributed by atoms with Crippen LogP contribution in [0, 0.1) is 0 Å². The minimum Gasteiger partial charge on any atom is -0.466 e. The highest BCUT2D eigenvalue weighted by Crippen LogP contribution is 2.29. The average Bonchev–Trinajstić information content (AvgIpc) is 2.61. The van der Waals surface area contributed by atoms with Crippen LogP contribution in [-0.4, -0.2) is 50.8 Å². The largest absolute Gasteiger partial charge is 0.466 e.